The van der Waals surface area contributed by atoms with Crippen LogP contribution in [0.15, 0.2) is 58.1 Å². The molecule has 0 aliphatic carbocycles. The molecule has 2 aromatic heterocycles. The van der Waals surface area contributed by atoms with E-state index in [0.29, 0.717) is 17.8 Å². The van der Waals surface area contributed by atoms with Gasteiger partial charge in [-0.2, -0.15) is 5.10 Å². The number of fused-ring (bicyclic) bond motifs is 1. The van der Waals surface area contributed by atoms with Gasteiger partial charge in [-0.1, -0.05) is 32.0 Å². The van der Waals surface area contributed by atoms with Crippen LogP contribution in [0, 0.1) is 5.92 Å². The van der Waals surface area contributed by atoms with Gasteiger partial charge in [0.2, 0.25) is 5.91 Å². The van der Waals surface area contributed by atoms with E-state index < -0.39 is 0 Å². The highest BCUT2D eigenvalue weighted by Gasteiger charge is 2.32. The Balaban J connectivity index is 1.49. The van der Waals surface area contributed by atoms with Crippen molar-refractivity contribution in [2.75, 3.05) is 19.6 Å². The van der Waals surface area contributed by atoms with Gasteiger partial charge in [-0.05, 0) is 24.1 Å². The van der Waals surface area contributed by atoms with E-state index in [1.807, 2.05) is 35.2 Å². The SMILES string of the molecule is CC(C)[C@H]1CN(Cc2ccco2)CCN1C(=O)Cn1ncc2ccccc2c1=O. The van der Waals surface area contributed by atoms with Gasteiger partial charge in [0.1, 0.15) is 12.3 Å². The van der Waals surface area contributed by atoms with Crippen molar-refractivity contribution in [3.05, 3.63) is 65.0 Å². The fourth-order valence-corrected chi connectivity index (χ4v) is 3.98. The molecule has 1 aliphatic rings. The summed E-state index contributed by atoms with van der Waals surface area (Å²) < 4.78 is 6.74. The van der Waals surface area contributed by atoms with Crippen LogP contribution in [-0.2, 0) is 17.9 Å². The molecule has 7 heteroatoms. The summed E-state index contributed by atoms with van der Waals surface area (Å²) in [6.45, 7) is 7.14. The van der Waals surface area contributed by atoms with E-state index in [4.69, 9.17) is 4.42 Å². The lowest BCUT2D eigenvalue weighted by Gasteiger charge is -2.43. The van der Waals surface area contributed by atoms with E-state index in [2.05, 4.69) is 23.8 Å². The van der Waals surface area contributed by atoms with Gasteiger partial charge in [-0.3, -0.25) is 14.5 Å². The van der Waals surface area contributed by atoms with Crippen molar-refractivity contribution in [3.63, 3.8) is 0 Å². The van der Waals surface area contributed by atoms with Crippen LogP contribution in [0.25, 0.3) is 10.8 Å². The van der Waals surface area contributed by atoms with Crippen LogP contribution in [0.5, 0.6) is 0 Å². The number of piperazine rings is 1. The van der Waals surface area contributed by atoms with Crippen molar-refractivity contribution in [3.8, 4) is 0 Å². The van der Waals surface area contributed by atoms with Gasteiger partial charge in [0.15, 0.2) is 0 Å². The normalized spacial score (nSPS) is 17.9. The molecule has 152 valence electrons. The van der Waals surface area contributed by atoms with Crippen molar-refractivity contribution in [2.45, 2.75) is 33.0 Å². The molecular formula is C22H26N4O3. The summed E-state index contributed by atoms with van der Waals surface area (Å²) >= 11 is 0. The summed E-state index contributed by atoms with van der Waals surface area (Å²) in [4.78, 5) is 30.0. The van der Waals surface area contributed by atoms with Gasteiger partial charge in [-0.25, -0.2) is 4.68 Å². The highest BCUT2D eigenvalue weighted by Crippen LogP contribution is 2.20. The minimum atomic E-state index is -0.228. The van der Waals surface area contributed by atoms with Crippen molar-refractivity contribution in [1.29, 1.82) is 0 Å². The third kappa shape index (κ3) is 4.10. The number of benzene rings is 1. The van der Waals surface area contributed by atoms with E-state index >= 15 is 0 Å². The summed E-state index contributed by atoms with van der Waals surface area (Å²) in [5.41, 5.74) is -0.228. The number of hydrogen-bond donors (Lipinski definition) is 0. The average Bonchev–Trinajstić information content (AvgIpc) is 3.23. The monoisotopic (exact) mass is 394 g/mol. The van der Waals surface area contributed by atoms with E-state index in [1.165, 1.54) is 4.68 Å². The first kappa shape index (κ1) is 19.4. The first-order valence-electron chi connectivity index (χ1n) is 10.0. The van der Waals surface area contributed by atoms with E-state index in [-0.39, 0.29) is 24.1 Å². The van der Waals surface area contributed by atoms with Crippen molar-refractivity contribution in [1.82, 2.24) is 19.6 Å². The Morgan fingerprint density at radius 1 is 1.21 bits per heavy atom. The lowest BCUT2D eigenvalue weighted by molar-refractivity contribution is -0.138. The number of rotatable bonds is 5. The number of carbonyl (C=O) groups is 1. The summed E-state index contributed by atoms with van der Waals surface area (Å²) in [6.07, 6.45) is 3.33. The quantitative estimate of drug-likeness (QED) is 0.664. The highest BCUT2D eigenvalue weighted by atomic mass is 16.3. The second-order valence-corrected chi connectivity index (χ2v) is 7.91. The third-order valence-electron chi connectivity index (χ3n) is 5.60. The molecule has 1 saturated heterocycles. The summed E-state index contributed by atoms with van der Waals surface area (Å²) in [5.74, 6) is 1.17. The Morgan fingerprint density at radius 3 is 2.79 bits per heavy atom. The Morgan fingerprint density at radius 2 is 2.03 bits per heavy atom. The molecule has 0 saturated carbocycles. The summed E-state index contributed by atoms with van der Waals surface area (Å²) in [7, 11) is 0. The van der Waals surface area contributed by atoms with Gasteiger partial charge in [0, 0.05) is 31.1 Å². The molecule has 1 aliphatic heterocycles. The van der Waals surface area contributed by atoms with Crippen LogP contribution >= 0.6 is 0 Å². The molecule has 1 amide bonds. The molecule has 0 radical (unpaired) electrons. The maximum atomic E-state index is 13.1. The summed E-state index contributed by atoms with van der Waals surface area (Å²) in [5, 5.41) is 5.58. The molecule has 0 bridgehead atoms. The molecule has 0 unspecified atom stereocenters. The van der Waals surface area contributed by atoms with Gasteiger partial charge in [0.25, 0.3) is 5.56 Å². The van der Waals surface area contributed by atoms with E-state index in [1.54, 1.807) is 18.5 Å². The summed E-state index contributed by atoms with van der Waals surface area (Å²) in [6, 6.07) is 11.3. The van der Waals surface area contributed by atoms with Crippen LogP contribution in [0.3, 0.4) is 0 Å². The minimum absolute atomic E-state index is 0.0366. The van der Waals surface area contributed by atoms with Crippen LogP contribution in [0.2, 0.25) is 0 Å². The zero-order chi connectivity index (χ0) is 20.4. The minimum Gasteiger partial charge on any atom is -0.468 e. The molecule has 1 aromatic carbocycles. The van der Waals surface area contributed by atoms with Crippen LogP contribution in [0.1, 0.15) is 19.6 Å². The third-order valence-corrected chi connectivity index (χ3v) is 5.60. The fourth-order valence-electron chi connectivity index (χ4n) is 3.98. The second kappa shape index (κ2) is 8.21. The number of aromatic nitrogens is 2. The lowest BCUT2D eigenvalue weighted by atomic mass is 9.99. The Labute approximate surface area is 169 Å². The molecule has 1 fully saturated rings. The van der Waals surface area contributed by atoms with Crippen LogP contribution < -0.4 is 5.56 Å². The lowest BCUT2D eigenvalue weighted by Crippen LogP contribution is -2.57. The Bertz CT molecular complexity index is 1040. The van der Waals surface area contributed by atoms with Gasteiger partial charge < -0.3 is 9.32 Å². The standard InChI is InChI=1S/C22H26N4O3/c1-16(2)20-14-24(13-18-7-5-11-29-18)9-10-25(20)21(27)15-26-22(28)19-8-4-3-6-17(19)12-23-26/h3-8,11-12,16,20H,9-10,13-15H2,1-2H3/t20-/m1/s1. The van der Waals surface area contributed by atoms with Crippen molar-refractivity contribution < 1.29 is 9.21 Å². The average molecular weight is 394 g/mol. The number of furan rings is 1. The highest BCUT2D eigenvalue weighted by molar-refractivity contribution is 5.81. The number of nitrogens with zero attached hydrogens (tertiary/aromatic N) is 4. The smallest absolute Gasteiger partial charge is 0.275 e. The molecule has 0 spiro atoms. The molecule has 7 nitrogen and oxygen atoms in total. The molecule has 4 rings (SSSR count). The molecule has 0 N–H and O–H groups in total. The largest absolute Gasteiger partial charge is 0.468 e. The number of hydrogen-bond acceptors (Lipinski definition) is 5. The maximum Gasteiger partial charge on any atom is 0.275 e. The van der Waals surface area contributed by atoms with Crippen LogP contribution in [-0.4, -0.2) is 51.2 Å². The van der Waals surface area contributed by atoms with Gasteiger partial charge in [-0.15, -0.1) is 0 Å². The van der Waals surface area contributed by atoms with Crippen molar-refractivity contribution >= 4 is 16.7 Å². The molecular weight excluding hydrogens is 368 g/mol. The zero-order valence-corrected chi connectivity index (χ0v) is 16.8. The molecule has 29 heavy (non-hydrogen) atoms. The number of carbonyl (C=O) groups excluding carboxylic acids is 1. The first-order valence-corrected chi connectivity index (χ1v) is 10.0. The van der Waals surface area contributed by atoms with Crippen molar-refractivity contribution in [2.24, 2.45) is 5.92 Å². The predicted octanol–water partition coefficient (Wildman–Crippen LogP) is 2.36. The van der Waals surface area contributed by atoms with Gasteiger partial charge in [0.05, 0.1) is 24.4 Å². The zero-order valence-electron chi connectivity index (χ0n) is 16.8. The molecule has 3 heterocycles. The topological polar surface area (TPSA) is 71.6 Å². The van der Waals surface area contributed by atoms with Gasteiger partial charge >= 0.3 is 0 Å². The van der Waals surface area contributed by atoms with E-state index in [9.17, 15) is 9.59 Å². The second-order valence-electron chi connectivity index (χ2n) is 7.91. The Kier molecular flexibility index (Phi) is 5.49. The van der Waals surface area contributed by atoms with E-state index in [0.717, 1.165) is 30.8 Å². The fraction of sp³-hybridized carbons (Fsp3) is 0.409. The maximum absolute atomic E-state index is 13.1. The molecule has 1 atom stereocenters. The first-order chi connectivity index (χ1) is 14.0. The Hall–Kier alpha value is -2.93. The predicted molar refractivity (Wildman–Crippen MR) is 110 cm³/mol. The molecule has 3 aromatic rings. The number of amides is 1. The van der Waals surface area contributed by atoms with Crippen LogP contribution in [0.4, 0.5) is 0 Å².